The average Bonchev–Trinajstić information content (AvgIpc) is 2.82. The molecule has 2 rings (SSSR count). The van der Waals surface area contributed by atoms with Crippen LogP contribution in [0.1, 0.15) is 30.6 Å². The summed E-state index contributed by atoms with van der Waals surface area (Å²) in [6.07, 6.45) is 5.66. The summed E-state index contributed by atoms with van der Waals surface area (Å²) in [5.74, 6) is 0.308. The fourth-order valence-corrected chi connectivity index (χ4v) is 4.04. The van der Waals surface area contributed by atoms with E-state index in [-0.39, 0.29) is 0 Å². The molecular formula is C14H19BrN2S. The number of halogens is 1. The van der Waals surface area contributed by atoms with Crippen LogP contribution in [0, 0.1) is 17.2 Å². The zero-order valence-electron chi connectivity index (χ0n) is 10.7. The van der Waals surface area contributed by atoms with Crippen LogP contribution in [0.3, 0.4) is 0 Å². The molecule has 1 aliphatic carbocycles. The number of rotatable bonds is 4. The van der Waals surface area contributed by atoms with Gasteiger partial charge in [-0.2, -0.15) is 5.26 Å². The minimum absolute atomic E-state index is 0.308. The third-order valence-electron chi connectivity index (χ3n) is 3.84. The molecule has 18 heavy (non-hydrogen) atoms. The summed E-state index contributed by atoms with van der Waals surface area (Å²) in [6.45, 7) is 1.12. The molecule has 0 bridgehead atoms. The number of thiophene rings is 1. The van der Waals surface area contributed by atoms with Gasteiger partial charge in [0.05, 0.1) is 6.07 Å². The molecule has 2 nitrogen and oxygen atoms in total. The molecule has 1 aromatic rings. The molecule has 0 amide bonds. The van der Waals surface area contributed by atoms with Gasteiger partial charge >= 0.3 is 0 Å². The number of nitrogens with zero attached hydrogens (tertiary/aromatic N) is 2. The van der Waals surface area contributed by atoms with Crippen molar-refractivity contribution < 1.29 is 0 Å². The van der Waals surface area contributed by atoms with Gasteiger partial charge in [0.15, 0.2) is 0 Å². The van der Waals surface area contributed by atoms with Gasteiger partial charge in [-0.15, -0.1) is 11.3 Å². The van der Waals surface area contributed by atoms with Crippen molar-refractivity contribution in [3.8, 4) is 6.07 Å². The van der Waals surface area contributed by atoms with E-state index in [4.69, 9.17) is 5.26 Å². The van der Waals surface area contributed by atoms with Crippen LogP contribution in [0.5, 0.6) is 0 Å². The second kappa shape index (κ2) is 6.70. The molecule has 1 heterocycles. The van der Waals surface area contributed by atoms with Crippen molar-refractivity contribution >= 4 is 27.3 Å². The van der Waals surface area contributed by atoms with E-state index in [1.165, 1.54) is 22.2 Å². The van der Waals surface area contributed by atoms with E-state index in [2.05, 4.69) is 45.4 Å². The Labute approximate surface area is 122 Å². The molecule has 0 aromatic carbocycles. The minimum Gasteiger partial charge on any atom is -0.303 e. The third kappa shape index (κ3) is 3.81. The zero-order valence-corrected chi connectivity index (χ0v) is 13.1. The lowest BCUT2D eigenvalue weighted by Gasteiger charge is -2.32. The highest BCUT2D eigenvalue weighted by Gasteiger charge is 2.23. The molecule has 1 fully saturated rings. The first-order valence-corrected chi connectivity index (χ1v) is 8.19. The van der Waals surface area contributed by atoms with Crippen molar-refractivity contribution in [1.29, 1.82) is 5.26 Å². The first kappa shape index (κ1) is 14.0. The summed E-state index contributed by atoms with van der Waals surface area (Å²) in [4.78, 5) is 3.92. The van der Waals surface area contributed by atoms with Gasteiger partial charge in [-0.3, -0.25) is 0 Å². The van der Waals surface area contributed by atoms with Crippen molar-refractivity contribution in [2.45, 2.75) is 38.1 Å². The third-order valence-corrected chi connectivity index (χ3v) is 5.59. The zero-order chi connectivity index (χ0) is 13.0. The molecule has 4 heteroatoms. The lowest BCUT2D eigenvalue weighted by Crippen LogP contribution is -2.36. The van der Waals surface area contributed by atoms with E-state index >= 15 is 0 Å². The Morgan fingerprint density at radius 3 is 2.72 bits per heavy atom. The monoisotopic (exact) mass is 326 g/mol. The minimum atomic E-state index is 0.308. The van der Waals surface area contributed by atoms with Crippen LogP contribution in [0.4, 0.5) is 0 Å². The van der Waals surface area contributed by atoms with Crippen molar-refractivity contribution in [3.63, 3.8) is 0 Å². The summed E-state index contributed by atoms with van der Waals surface area (Å²) in [5.41, 5.74) is 0. The maximum Gasteiger partial charge on any atom is 0.0655 e. The first-order chi connectivity index (χ1) is 8.69. The van der Waals surface area contributed by atoms with E-state index < -0.39 is 0 Å². The molecule has 0 atom stereocenters. The standard InChI is InChI=1S/C14H19BrN2S/c1-17(7-6-14-8-12(15)10-18-14)13-4-2-11(9-16)3-5-13/h8,10-11,13H,2-7H2,1H3. The molecule has 0 unspecified atom stereocenters. The Morgan fingerprint density at radius 1 is 1.44 bits per heavy atom. The molecule has 0 N–H and O–H groups in total. The van der Waals surface area contributed by atoms with Crippen molar-refractivity contribution in [3.05, 3.63) is 20.8 Å². The molecule has 0 saturated heterocycles. The fourth-order valence-electron chi connectivity index (χ4n) is 2.60. The number of hydrogen-bond donors (Lipinski definition) is 0. The predicted molar refractivity (Wildman–Crippen MR) is 79.7 cm³/mol. The molecule has 0 spiro atoms. The highest BCUT2D eigenvalue weighted by Crippen LogP contribution is 2.27. The molecule has 1 aromatic heterocycles. The molecule has 0 aliphatic heterocycles. The highest BCUT2D eigenvalue weighted by atomic mass is 79.9. The lowest BCUT2D eigenvalue weighted by atomic mass is 9.86. The van der Waals surface area contributed by atoms with Crippen molar-refractivity contribution in [2.24, 2.45) is 5.92 Å². The summed E-state index contributed by atoms with van der Waals surface area (Å²) in [7, 11) is 2.22. The second-order valence-electron chi connectivity index (χ2n) is 5.10. The highest BCUT2D eigenvalue weighted by molar-refractivity contribution is 9.10. The Morgan fingerprint density at radius 2 is 2.17 bits per heavy atom. The maximum absolute atomic E-state index is 8.90. The first-order valence-electron chi connectivity index (χ1n) is 6.52. The van der Waals surface area contributed by atoms with Crippen LogP contribution >= 0.6 is 27.3 Å². The van der Waals surface area contributed by atoms with E-state index in [0.717, 1.165) is 25.8 Å². The Balaban J connectivity index is 1.75. The SMILES string of the molecule is CN(CCc1cc(Br)cs1)C1CCC(C#N)CC1. The van der Waals surface area contributed by atoms with Gasteiger partial charge in [0.25, 0.3) is 0 Å². The lowest BCUT2D eigenvalue weighted by molar-refractivity contribution is 0.180. The molecule has 0 radical (unpaired) electrons. The fraction of sp³-hybridized carbons (Fsp3) is 0.643. The van der Waals surface area contributed by atoms with Gasteiger partial charge in [0.2, 0.25) is 0 Å². The van der Waals surface area contributed by atoms with Crippen molar-refractivity contribution in [2.75, 3.05) is 13.6 Å². The second-order valence-corrected chi connectivity index (χ2v) is 7.01. The maximum atomic E-state index is 8.90. The summed E-state index contributed by atoms with van der Waals surface area (Å²) < 4.78 is 1.19. The quantitative estimate of drug-likeness (QED) is 0.834. The Hall–Kier alpha value is -0.370. The topological polar surface area (TPSA) is 27.0 Å². The van der Waals surface area contributed by atoms with Crippen LogP contribution < -0.4 is 0 Å². The molecule has 98 valence electrons. The van der Waals surface area contributed by atoms with E-state index in [1.807, 2.05) is 11.3 Å². The van der Waals surface area contributed by atoms with Crippen LogP contribution in [0.15, 0.2) is 15.9 Å². The van der Waals surface area contributed by atoms with E-state index in [0.29, 0.717) is 12.0 Å². The van der Waals surface area contributed by atoms with Gasteiger partial charge in [-0.1, -0.05) is 0 Å². The number of nitriles is 1. The van der Waals surface area contributed by atoms with E-state index in [1.54, 1.807) is 0 Å². The summed E-state index contributed by atoms with van der Waals surface area (Å²) >= 11 is 5.32. The van der Waals surface area contributed by atoms with Crippen LogP contribution in [-0.2, 0) is 6.42 Å². The molecular weight excluding hydrogens is 308 g/mol. The summed E-state index contributed by atoms with van der Waals surface area (Å²) in [5, 5.41) is 11.0. The van der Waals surface area contributed by atoms with Crippen LogP contribution in [0.2, 0.25) is 0 Å². The normalized spacial score (nSPS) is 24.1. The van der Waals surface area contributed by atoms with Gasteiger partial charge in [0.1, 0.15) is 0 Å². The largest absolute Gasteiger partial charge is 0.303 e. The Bertz CT molecular complexity index is 416. The van der Waals surface area contributed by atoms with Crippen LogP contribution in [0.25, 0.3) is 0 Å². The van der Waals surface area contributed by atoms with Gasteiger partial charge in [-0.05, 0) is 61.1 Å². The number of likely N-dealkylation sites (N-methyl/N-ethyl adjacent to an activating group) is 1. The predicted octanol–water partition coefficient (Wildman–Crippen LogP) is 4.07. The van der Waals surface area contributed by atoms with Crippen LogP contribution in [-0.4, -0.2) is 24.5 Å². The van der Waals surface area contributed by atoms with Crippen molar-refractivity contribution in [1.82, 2.24) is 4.90 Å². The smallest absolute Gasteiger partial charge is 0.0655 e. The Kier molecular flexibility index (Phi) is 5.23. The summed E-state index contributed by atoms with van der Waals surface area (Å²) in [6, 6.07) is 5.29. The van der Waals surface area contributed by atoms with Gasteiger partial charge < -0.3 is 4.90 Å². The molecule has 1 saturated carbocycles. The molecule has 1 aliphatic rings. The number of hydrogen-bond acceptors (Lipinski definition) is 3. The van der Waals surface area contributed by atoms with Gasteiger partial charge in [0, 0.05) is 33.2 Å². The average molecular weight is 327 g/mol. The van der Waals surface area contributed by atoms with E-state index in [9.17, 15) is 0 Å². The van der Waals surface area contributed by atoms with Gasteiger partial charge in [-0.25, -0.2) is 0 Å².